The summed E-state index contributed by atoms with van der Waals surface area (Å²) in [7, 11) is -3.62. The highest BCUT2D eigenvalue weighted by Crippen LogP contribution is 2.26. The fraction of sp³-hybridized carbons (Fsp3) is 0.476. The van der Waals surface area contributed by atoms with Gasteiger partial charge < -0.3 is 0 Å². The fourth-order valence-electron chi connectivity index (χ4n) is 4.07. The van der Waals surface area contributed by atoms with E-state index in [1.807, 2.05) is 0 Å². The molecule has 0 spiro atoms. The van der Waals surface area contributed by atoms with Crippen LogP contribution in [0, 0.1) is 11.3 Å². The second-order valence-corrected chi connectivity index (χ2v) is 9.12. The Morgan fingerprint density at radius 3 is 2.48 bits per heavy atom. The van der Waals surface area contributed by atoms with Crippen LogP contribution in [0.4, 0.5) is 0 Å². The molecule has 1 fully saturated rings. The molecule has 2 aromatic carbocycles. The predicted octanol–water partition coefficient (Wildman–Crippen LogP) is 3.64. The van der Waals surface area contributed by atoms with Crippen molar-refractivity contribution in [3.63, 3.8) is 0 Å². The minimum atomic E-state index is -3.62. The molecule has 1 saturated heterocycles. The van der Waals surface area contributed by atoms with Crippen molar-refractivity contribution < 1.29 is 8.42 Å². The van der Waals surface area contributed by atoms with Gasteiger partial charge in [-0.05, 0) is 51.8 Å². The van der Waals surface area contributed by atoms with Crippen LogP contribution in [0.25, 0.3) is 10.8 Å². The minimum absolute atomic E-state index is 0.233. The maximum Gasteiger partial charge on any atom is 0.241 e. The number of sulfonamides is 1. The van der Waals surface area contributed by atoms with Gasteiger partial charge in [0.2, 0.25) is 10.0 Å². The molecule has 0 saturated carbocycles. The Balaban J connectivity index is 1.69. The number of hydrogen-bond donors (Lipinski definition) is 1. The molecule has 2 aromatic rings. The molecule has 0 amide bonds. The average molecular weight is 386 g/mol. The number of rotatable bonds is 6. The van der Waals surface area contributed by atoms with Gasteiger partial charge in [-0.25, -0.2) is 13.1 Å². The lowest BCUT2D eigenvalue weighted by molar-refractivity contribution is 0.103. The van der Waals surface area contributed by atoms with Gasteiger partial charge in [0.1, 0.15) is 0 Å². The zero-order valence-corrected chi connectivity index (χ0v) is 16.8. The van der Waals surface area contributed by atoms with Crippen molar-refractivity contribution in [2.75, 3.05) is 13.1 Å². The van der Waals surface area contributed by atoms with E-state index < -0.39 is 10.0 Å². The Hall–Kier alpha value is -1.94. The van der Waals surface area contributed by atoms with Crippen LogP contribution in [0.3, 0.4) is 0 Å². The summed E-state index contributed by atoms with van der Waals surface area (Å²) in [5.41, 5.74) is 0.484. The van der Waals surface area contributed by atoms with Gasteiger partial charge >= 0.3 is 0 Å². The summed E-state index contributed by atoms with van der Waals surface area (Å²) in [4.78, 5) is 2.71. The van der Waals surface area contributed by atoms with Gasteiger partial charge in [-0.2, -0.15) is 5.26 Å². The molecule has 5 nitrogen and oxygen atoms in total. The van der Waals surface area contributed by atoms with Gasteiger partial charge in [-0.1, -0.05) is 30.7 Å². The average Bonchev–Trinajstić information content (AvgIpc) is 2.66. The third-order valence-corrected chi connectivity index (χ3v) is 7.07. The van der Waals surface area contributed by atoms with E-state index >= 15 is 0 Å². The highest BCUT2D eigenvalue weighted by Gasteiger charge is 2.24. The second kappa shape index (κ2) is 8.39. The Morgan fingerprint density at radius 2 is 1.78 bits per heavy atom. The highest BCUT2D eigenvalue weighted by atomic mass is 32.2. The maximum atomic E-state index is 12.8. The first kappa shape index (κ1) is 19.8. The van der Waals surface area contributed by atoms with Crippen molar-refractivity contribution in [3.05, 3.63) is 42.0 Å². The second-order valence-electron chi connectivity index (χ2n) is 7.39. The summed E-state index contributed by atoms with van der Waals surface area (Å²) in [5, 5.41) is 10.5. The molecule has 1 N–H and O–H groups in total. The quantitative estimate of drug-likeness (QED) is 0.771. The van der Waals surface area contributed by atoms with E-state index in [4.69, 9.17) is 0 Å². The van der Waals surface area contributed by atoms with Crippen molar-refractivity contribution in [1.82, 2.24) is 9.62 Å². The number of benzene rings is 2. The van der Waals surface area contributed by atoms with Gasteiger partial charge in [0.15, 0.2) is 0 Å². The van der Waals surface area contributed by atoms with Gasteiger partial charge in [-0.15, -0.1) is 0 Å². The van der Waals surface area contributed by atoms with E-state index in [-0.39, 0.29) is 4.90 Å². The maximum absolute atomic E-state index is 12.8. The van der Waals surface area contributed by atoms with Gasteiger partial charge in [0.25, 0.3) is 0 Å². The summed E-state index contributed by atoms with van der Waals surface area (Å²) < 4.78 is 28.4. The molecule has 0 bridgehead atoms. The van der Waals surface area contributed by atoms with Gasteiger partial charge in [0.05, 0.1) is 16.5 Å². The zero-order valence-electron chi connectivity index (χ0n) is 16.0. The van der Waals surface area contributed by atoms with Crippen LogP contribution in [-0.2, 0) is 10.0 Å². The van der Waals surface area contributed by atoms with Crippen LogP contribution < -0.4 is 4.72 Å². The standard InChI is InChI=1S/C21H27N3O2S/c1-16-7-3-8-17(2)24(16)14-6-13-23-27(25,26)21-12-5-10-19-18(15-22)9-4-11-20(19)21/h4-5,9-12,16-17,23H,3,6-8,13-14H2,1-2H3. The summed E-state index contributed by atoms with van der Waals surface area (Å²) in [6, 6.07) is 13.5. The molecule has 27 heavy (non-hydrogen) atoms. The normalized spacial score (nSPS) is 21.2. The molecule has 0 aromatic heterocycles. The van der Waals surface area contributed by atoms with E-state index in [2.05, 4.69) is 29.5 Å². The number of piperidine rings is 1. The van der Waals surface area contributed by atoms with Crippen LogP contribution in [0.15, 0.2) is 41.3 Å². The Morgan fingerprint density at radius 1 is 1.11 bits per heavy atom. The Labute approximate surface area is 162 Å². The molecule has 1 aliphatic heterocycles. The van der Waals surface area contributed by atoms with Crippen molar-refractivity contribution in [2.24, 2.45) is 0 Å². The Kier molecular flexibility index (Phi) is 6.15. The number of nitrogens with one attached hydrogen (secondary N) is 1. The molecule has 2 unspecified atom stereocenters. The lowest BCUT2D eigenvalue weighted by Gasteiger charge is -2.39. The molecule has 1 aliphatic rings. The number of nitrogens with zero attached hydrogens (tertiary/aromatic N) is 2. The molecule has 1 heterocycles. The summed E-state index contributed by atoms with van der Waals surface area (Å²) in [6.07, 6.45) is 4.49. The van der Waals surface area contributed by atoms with Crippen molar-refractivity contribution in [2.45, 2.75) is 56.5 Å². The number of likely N-dealkylation sites (tertiary alicyclic amines) is 1. The van der Waals surface area contributed by atoms with Crippen LogP contribution in [-0.4, -0.2) is 38.5 Å². The number of fused-ring (bicyclic) bond motifs is 1. The van der Waals surface area contributed by atoms with Crippen LogP contribution >= 0.6 is 0 Å². The molecule has 0 radical (unpaired) electrons. The molecular formula is C21H27N3O2S. The summed E-state index contributed by atoms with van der Waals surface area (Å²) >= 11 is 0. The van der Waals surface area contributed by atoms with Crippen LogP contribution in [0.1, 0.15) is 45.1 Å². The lowest BCUT2D eigenvalue weighted by Crippen LogP contribution is -2.44. The van der Waals surface area contributed by atoms with Gasteiger partial charge in [0, 0.05) is 29.4 Å². The van der Waals surface area contributed by atoms with Crippen molar-refractivity contribution >= 4 is 20.8 Å². The molecule has 3 rings (SSSR count). The first-order valence-electron chi connectivity index (χ1n) is 9.61. The molecule has 144 valence electrons. The van der Waals surface area contributed by atoms with Crippen molar-refractivity contribution in [1.29, 1.82) is 5.26 Å². The SMILES string of the molecule is CC1CCCC(C)N1CCCNS(=O)(=O)c1cccc2c(C#N)cccc12. The van der Waals surface area contributed by atoms with E-state index in [1.54, 1.807) is 36.4 Å². The minimum Gasteiger partial charge on any atom is -0.298 e. The van der Waals surface area contributed by atoms with Crippen LogP contribution in [0.2, 0.25) is 0 Å². The predicted molar refractivity (Wildman–Crippen MR) is 108 cm³/mol. The highest BCUT2D eigenvalue weighted by molar-refractivity contribution is 7.89. The third-order valence-electron chi connectivity index (χ3n) is 5.55. The molecule has 0 aliphatic carbocycles. The lowest BCUT2D eigenvalue weighted by atomic mass is 9.97. The number of hydrogen-bond acceptors (Lipinski definition) is 4. The molecular weight excluding hydrogens is 358 g/mol. The smallest absolute Gasteiger partial charge is 0.241 e. The van der Waals surface area contributed by atoms with E-state index in [0.29, 0.717) is 35.0 Å². The third kappa shape index (κ3) is 4.32. The Bertz CT molecular complexity index is 940. The fourth-order valence-corrected chi connectivity index (χ4v) is 5.37. The summed E-state index contributed by atoms with van der Waals surface area (Å²) in [5.74, 6) is 0. The monoisotopic (exact) mass is 385 g/mol. The topological polar surface area (TPSA) is 73.2 Å². The summed E-state index contributed by atoms with van der Waals surface area (Å²) in [6.45, 7) is 5.82. The van der Waals surface area contributed by atoms with E-state index in [9.17, 15) is 13.7 Å². The first-order chi connectivity index (χ1) is 12.9. The van der Waals surface area contributed by atoms with E-state index in [1.165, 1.54) is 19.3 Å². The van der Waals surface area contributed by atoms with Gasteiger partial charge in [-0.3, -0.25) is 4.90 Å². The van der Waals surface area contributed by atoms with Crippen LogP contribution in [0.5, 0.6) is 0 Å². The first-order valence-corrected chi connectivity index (χ1v) is 11.1. The van der Waals surface area contributed by atoms with Crippen molar-refractivity contribution in [3.8, 4) is 6.07 Å². The van der Waals surface area contributed by atoms with E-state index in [0.717, 1.165) is 13.0 Å². The number of nitriles is 1. The molecule has 6 heteroatoms. The largest absolute Gasteiger partial charge is 0.298 e. The zero-order chi connectivity index (χ0) is 19.4. The molecule has 2 atom stereocenters.